The van der Waals surface area contributed by atoms with Crippen molar-refractivity contribution in [1.82, 2.24) is 14.8 Å². The van der Waals surface area contributed by atoms with Gasteiger partial charge in [0.25, 0.3) is 0 Å². The Balaban J connectivity index is 1.38. The second-order valence-corrected chi connectivity index (χ2v) is 10.4. The van der Waals surface area contributed by atoms with Crippen molar-refractivity contribution >= 4 is 10.9 Å². The molecule has 1 aliphatic carbocycles. The van der Waals surface area contributed by atoms with Crippen LogP contribution in [-0.4, -0.2) is 41.1 Å². The van der Waals surface area contributed by atoms with Gasteiger partial charge in [-0.25, -0.2) is 0 Å². The minimum atomic E-state index is -0.429. The van der Waals surface area contributed by atoms with Gasteiger partial charge in [0.2, 0.25) is 0 Å². The Kier molecular flexibility index (Phi) is 6.02. The van der Waals surface area contributed by atoms with Crippen molar-refractivity contribution in [1.29, 1.82) is 0 Å². The van der Waals surface area contributed by atoms with Crippen molar-refractivity contribution in [2.24, 2.45) is 11.7 Å². The van der Waals surface area contributed by atoms with E-state index in [0.717, 1.165) is 42.1 Å². The molecule has 4 heteroatoms. The third-order valence-electron chi connectivity index (χ3n) is 7.23. The second kappa shape index (κ2) is 8.93. The zero-order valence-corrected chi connectivity index (χ0v) is 19.6. The highest BCUT2D eigenvalue weighted by molar-refractivity contribution is 5.94. The summed E-state index contributed by atoms with van der Waals surface area (Å²) in [7, 11) is 0. The van der Waals surface area contributed by atoms with Crippen LogP contribution in [0.2, 0.25) is 0 Å². The number of para-hydroxylation sites is 1. The van der Waals surface area contributed by atoms with E-state index in [1.807, 2.05) is 12.3 Å². The third-order valence-corrected chi connectivity index (χ3v) is 7.23. The first-order valence-electron chi connectivity index (χ1n) is 12.2. The summed E-state index contributed by atoms with van der Waals surface area (Å²) in [6.45, 7) is 9.92. The van der Waals surface area contributed by atoms with E-state index >= 15 is 0 Å². The summed E-state index contributed by atoms with van der Waals surface area (Å²) in [5.41, 5.74) is 12.2. The Morgan fingerprint density at radius 1 is 0.969 bits per heavy atom. The van der Waals surface area contributed by atoms with E-state index in [1.54, 1.807) is 0 Å². The van der Waals surface area contributed by atoms with Crippen molar-refractivity contribution in [3.63, 3.8) is 0 Å². The fourth-order valence-electron chi connectivity index (χ4n) is 5.58. The minimum absolute atomic E-state index is 0.429. The minimum Gasteiger partial charge on any atom is -0.322 e. The van der Waals surface area contributed by atoms with Crippen LogP contribution in [0, 0.1) is 5.92 Å². The van der Waals surface area contributed by atoms with Gasteiger partial charge in [0.05, 0.1) is 12.2 Å². The molecule has 1 saturated heterocycles. The molecule has 4 nitrogen and oxygen atoms in total. The Morgan fingerprint density at radius 2 is 1.75 bits per heavy atom. The van der Waals surface area contributed by atoms with Gasteiger partial charge in [-0.05, 0) is 55.4 Å². The van der Waals surface area contributed by atoms with Crippen LogP contribution in [-0.2, 0) is 12.1 Å². The maximum absolute atomic E-state index is 6.69. The van der Waals surface area contributed by atoms with Crippen LogP contribution in [0.25, 0.3) is 22.0 Å². The SMILES string of the molecule is CC(C)(N)c1cc(CN2CCN(CC3CCCC3)C2)ccc1-c1cccc2cccnc12. The molecule has 2 heterocycles. The molecule has 3 aromatic rings. The molecule has 0 unspecified atom stereocenters. The van der Waals surface area contributed by atoms with E-state index in [1.165, 1.54) is 55.5 Å². The van der Waals surface area contributed by atoms with Crippen LogP contribution >= 0.6 is 0 Å². The molecule has 2 aromatic carbocycles. The number of benzene rings is 2. The fourth-order valence-corrected chi connectivity index (χ4v) is 5.58. The van der Waals surface area contributed by atoms with E-state index in [2.05, 4.69) is 71.1 Å². The van der Waals surface area contributed by atoms with E-state index in [0.29, 0.717) is 0 Å². The number of hydrogen-bond acceptors (Lipinski definition) is 4. The number of aromatic nitrogens is 1. The molecule has 0 radical (unpaired) electrons. The van der Waals surface area contributed by atoms with Crippen molar-refractivity contribution in [2.45, 2.75) is 51.6 Å². The van der Waals surface area contributed by atoms with Crippen LogP contribution < -0.4 is 5.73 Å². The number of nitrogens with two attached hydrogens (primary N) is 1. The van der Waals surface area contributed by atoms with Crippen molar-refractivity contribution in [3.8, 4) is 11.1 Å². The highest BCUT2D eigenvalue weighted by Crippen LogP contribution is 2.35. The number of rotatable bonds is 6. The van der Waals surface area contributed by atoms with Crippen molar-refractivity contribution in [2.75, 3.05) is 26.3 Å². The Hall–Kier alpha value is -2.27. The van der Waals surface area contributed by atoms with Gasteiger partial charge >= 0.3 is 0 Å². The highest BCUT2D eigenvalue weighted by Gasteiger charge is 2.26. The van der Waals surface area contributed by atoms with E-state index in [-0.39, 0.29) is 0 Å². The summed E-state index contributed by atoms with van der Waals surface area (Å²) in [6.07, 6.45) is 7.58. The quantitative estimate of drug-likeness (QED) is 0.574. The lowest BCUT2D eigenvalue weighted by Gasteiger charge is -2.26. The van der Waals surface area contributed by atoms with E-state index < -0.39 is 5.54 Å². The van der Waals surface area contributed by atoms with Gasteiger partial charge in [-0.2, -0.15) is 0 Å². The van der Waals surface area contributed by atoms with Crippen LogP contribution in [0.4, 0.5) is 0 Å². The number of pyridine rings is 1. The standard InChI is InChI=1S/C28H36N4/c1-28(2,29)26-17-22(19-32-16-15-31(20-32)18-21-7-3-4-8-21)12-13-24(26)25-11-5-9-23-10-6-14-30-27(23)25/h5-6,9-14,17,21H,3-4,7-8,15-16,18-20,29H2,1-2H3. The van der Waals surface area contributed by atoms with Crippen LogP contribution in [0.5, 0.6) is 0 Å². The lowest BCUT2D eigenvalue weighted by Crippen LogP contribution is -2.30. The maximum atomic E-state index is 6.69. The lowest BCUT2D eigenvalue weighted by atomic mass is 9.85. The average molecular weight is 429 g/mol. The third kappa shape index (κ3) is 4.59. The lowest BCUT2D eigenvalue weighted by molar-refractivity contribution is 0.215. The van der Waals surface area contributed by atoms with Gasteiger partial charge < -0.3 is 5.73 Å². The number of nitrogens with zero attached hydrogens (tertiary/aromatic N) is 3. The van der Waals surface area contributed by atoms with E-state index in [4.69, 9.17) is 5.73 Å². The average Bonchev–Trinajstić information content (AvgIpc) is 3.45. The summed E-state index contributed by atoms with van der Waals surface area (Å²) in [4.78, 5) is 9.91. The Morgan fingerprint density at radius 3 is 2.56 bits per heavy atom. The molecule has 2 fully saturated rings. The summed E-state index contributed by atoms with van der Waals surface area (Å²) < 4.78 is 0. The first-order valence-corrected chi connectivity index (χ1v) is 12.2. The van der Waals surface area contributed by atoms with Gasteiger partial charge in [-0.1, -0.05) is 55.3 Å². The highest BCUT2D eigenvalue weighted by atomic mass is 15.4. The zero-order chi connectivity index (χ0) is 22.1. The van der Waals surface area contributed by atoms with E-state index in [9.17, 15) is 0 Å². The zero-order valence-electron chi connectivity index (χ0n) is 19.6. The largest absolute Gasteiger partial charge is 0.322 e. The van der Waals surface area contributed by atoms with Crippen LogP contribution in [0.15, 0.2) is 54.7 Å². The molecule has 0 bridgehead atoms. The van der Waals surface area contributed by atoms with Gasteiger partial charge in [0.1, 0.15) is 0 Å². The van der Waals surface area contributed by atoms with Gasteiger partial charge in [-0.3, -0.25) is 14.8 Å². The molecule has 2 N–H and O–H groups in total. The molecule has 1 saturated carbocycles. The van der Waals surface area contributed by atoms with Gasteiger partial charge in [0.15, 0.2) is 0 Å². The topological polar surface area (TPSA) is 45.4 Å². The van der Waals surface area contributed by atoms with Gasteiger partial charge in [-0.15, -0.1) is 0 Å². The van der Waals surface area contributed by atoms with Gasteiger partial charge in [0, 0.05) is 48.9 Å². The Bertz CT molecular complexity index is 1070. The monoisotopic (exact) mass is 428 g/mol. The van der Waals surface area contributed by atoms with Crippen molar-refractivity contribution in [3.05, 3.63) is 65.9 Å². The summed E-state index contributed by atoms with van der Waals surface area (Å²) in [5, 5.41) is 1.16. The smallest absolute Gasteiger partial charge is 0.0780 e. The number of fused-ring (bicyclic) bond motifs is 1. The summed E-state index contributed by atoms with van der Waals surface area (Å²) in [6, 6.07) is 17.4. The molecule has 32 heavy (non-hydrogen) atoms. The maximum Gasteiger partial charge on any atom is 0.0780 e. The first-order chi connectivity index (χ1) is 15.5. The predicted molar refractivity (Wildman–Crippen MR) is 133 cm³/mol. The summed E-state index contributed by atoms with van der Waals surface area (Å²) >= 11 is 0. The molecule has 5 rings (SSSR count). The molecule has 0 amide bonds. The normalized spacial score (nSPS) is 18.7. The van der Waals surface area contributed by atoms with Crippen LogP contribution in [0.3, 0.4) is 0 Å². The number of hydrogen-bond donors (Lipinski definition) is 1. The molecule has 168 valence electrons. The van der Waals surface area contributed by atoms with Crippen LogP contribution in [0.1, 0.15) is 50.7 Å². The second-order valence-electron chi connectivity index (χ2n) is 10.4. The molecular weight excluding hydrogens is 392 g/mol. The fraction of sp³-hybridized carbons (Fsp3) is 0.464. The molecule has 1 aliphatic heterocycles. The molecule has 2 aliphatic rings. The van der Waals surface area contributed by atoms with Crippen molar-refractivity contribution < 1.29 is 0 Å². The molecular formula is C28H36N4. The first kappa shape index (κ1) is 21.6. The molecule has 0 spiro atoms. The Labute approximate surface area is 192 Å². The predicted octanol–water partition coefficient (Wildman–Crippen LogP) is 5.36. The molecule has 0 atom stereocenters. The summed E-state index contributed by atoms with van der Waals surface area (Å²) in [5.74, 6) is 0.924. The molecule has 1 aromatic heterocycles.